The zero-order valence-corrected chi connectivity index (χ0v) is 12.3. The van der Waals surface area contributed by atoms with Crippen molar-refractivity contribution in [2.75, 3.05) is 13.1 Å². The van der Waals surface area contributed by atoms with Crippen LogP contribution in [0.4, 0.5) is 13.2 Å². The molecule has 22 heavy (non-hydrogen) atoms. The third-order valence-corrected chi connectivity index (χ3v) is 4.18. The van der Waals surface area contributed by atoms with E-state index in [2.05, 4.69) is 4.90 Å². The molecule has 1 aliphatic heterocycles. The fraction of sp³-hybridized carbons (Fsp3) is 0.562. The highest BCUT2D eigenvalue weighted by atomic mass is 19.3. The van der Waals surface area contributed by atoms with Gasteiger partial charge in [0.05, 0.1) is 5.56 Å². The van der Waals surface area contributed by atoms with Gasteiger partial charge >= 0.3 is 5.97 Å². The molecule has 1 N–H and O–H groups in total. The molecule has 1 saturated heterocycles. The smallest absolute Gasteiger partial charge is 0.303 e. The molecule has 1 fully saturated rings. The second-order valence-electron chi connectivity index (χ2n) is 5.81. The second kappa shape index (κ2) is 7.63. The second-order valence-corrected chi connectivity index (χ2v) is 5.81. The van der Waals surface area contributed by atoms with Gasteiger partial charge in [0.15, 0.2) is 0 Å². The van der Waals surface area contributed by atoms with Crippen LogP contribution in [0, 0.1) is 11.7 Å². The molecule has 0 amide bonds. The van der Waals surface area contributed by atoms with Crippen molar-refractivity contribution in [3.05, 3.63) is 35.1 Å². The van der Waals surface area contributed by atoms with Crippen LogP contribution in [-0.2, 0) is 11.3 Å². The van der Waals surface area contributed by atoms with Crippen LogP contribution in [0.3, 0.4) is 0 Å². The predicted molar refractivity (Wildman–Crippen MR) is 76.2 cm³/mol. The quantitative estimate of drug-likeness (QED) is 0.867. The lowest BCUT2D eigenvalue weighted by atomic mass is 9.92. The number of likely N-dealkylation sites (tertiary alicyclic amines) is 1. The number of piperidine rings is 1. The molecule has 0 unspecified atom stereocenters. The Kier molecular flexibility index (Phi) is 5.83. The van der Waals surface area contributed by atoms with Crippen LogP contribution in [0.1, 0.15) is 43.2 Å². The Bertz CT molecular complexity index is 514. The number of alkyl halides is 2. The summed E-state index contributed by atoms with van der Waals surface area (Å²) in [7, 11) is 0. The summed E-state index contributed by atoms with van der Waals surface area (Å²) in [6, 6.07) is 3.87. The molecule has 0 aromatic heterocycles. The molecule has 0 saturated carbocycles. The highest BCUT2D eigenvalue weighted by Gasteiger charge is 2.20. The van der Waals surface area contributed by atoms with Gasteiger partial charge in [-0.1, -0.05) is 12.1 Å². The molecular formula is C16H20F3NO2. The number of halogens is 3. The first-order chi connectivity index (χ1) is 10.5. The van der Waals surface area contributed by atoms with E-state index >= 15 is 0 Å². The number of carboxylic acid groups (broad SMARTS) is 1. The first kappa shape index (κ1) is 16.8. The zero-order chi connectivity index (χ0) is 16.1. The molecule has 0 atom stereocenters. The number of aliphatic carboxylic acids is 1. The largest absolute Gasteiger partial charge is 0.481 e. The van der Waals surface area contributed by atoms with Gasteiger partial charge in [-0.25, -0.2) is 13.2 Å². The molecule has 1 aromatic carbocycles. The Morgan fingerprint density at radius 3 is 2.55 bits per heavy atom. The predicted octanol–water partition coefficient (Wildman–Crippen LogP) is 3.84. The van der Waals surface area contributed by atoms with E-state index in [-0.39, 0.29) is 6.42 Å². The summed E-state index contributed by atoms with van der Waals surface area (Å²) in [6.45, 7) is 2.18. The lowest BCUT2D eigenvalue weighted by Crippen LogP contribution is -2.33. The summed E-state index contributed by atoms with van der Waals surface area (Å²) < 4.78 is 38.5. The molecule has 1 aromatic rings. The lowest BCUT2D eigenvalue weighted by Gasteiger charge is -2.31. The van der Waals surface area contributed by atoms with Crippen molar-refractivity contribution in [1.29, 1.82) is 0 Å². The van der Waals surface area contributed by atoms with Gasteiger partial charge in [0, 0.05) is 13.0 Å². The normalized spacial score (nSPS) is 17.1. The molecule has 1 aliphatic rings. The van der Waals surface area contributed by atoms with Crippen LogP contribution >= 0.6 is 0 Å². The lowest BCUT2D eigenvalue weighted by molar-refractivity contribution is -0.137. The van der Waals surface area contributed by atoms with Gasteiger partial charge in [-0.2, -0.15) is 0 Å². The van der Waals surface area contributed by atoms with Gasteiger partial charge < -0.3 is 5.11 Å². The molecule has 3 nitrogen and oxygen atoms in total. The van der Waals surface area contributed by atoms with Crippen LogP contribution in [0.25, 0.3) is 0 Å². The van der Waals surface area contributed by atoms with Crippen molar-refractivity contribution in [1.82, 2.24) is 4.90 Å². The van der Waals surface area contributed by atoms with Gasteiger partial charge in [0.25, 0.3) is 6.43 Å². The van der Waals surface area contributed by atoms with Crippen molar-refractivity contribution in [2.24, 2.45) is 5.92 Å². The molecule has 0 radical (unpaired) electrons. The van der Waals surface area contributed by atoms with Crippen molar-refractivity contribution in [2.45, 2.75) is 38.7 Å². The highest BCUT2D eigenvalue weighted by Crippen LogP contribution is 2.25. The monoisotopic (exact) mass is 315 g/mol. The number of nitrogens with zero attached hydrogens (tertiary/aromatic N) is 1. The highest BCUT2D eigenvalue weighted by molar-refractivity contribution is 5.66. The van der Waals surface area contributed by atoms with Crippen molar-refractivity contribution in [3.63, 3.8) is 0 Å². The molecule has 6 heteroatoms. The number of hydrogen-bond acceptors (Lipinski definition) is 2. The van der Waals surface area contributed by atoms with Crippen LogP contribution in [-0.4, -0.2) is 29.1 Å². The minimum atomic E-state index is -2.79. The third kappa shape index (κ3) is 4.73. The van der Waals surface area contributed by atoms with Crippen molar-refractivity contribution < 1.29 is 23.1 Å². The third-order valence-electron chi connectivity index (χ3n) is 4.18. The Labute approximate surface area is 127 Å². The van der Waals surface area contributed by atoms with Gasteiger partial charge in [0.1, 0.15) is 5.82 Å². The average molecular weight is 315 g/mol. The van der Waals surface area contributed by atoms with E-state index in [4.69, 9.17) is 5.11 Å². The minimum Gasteiger partial charge on any atom is -0.481 e. The fourth-order valence-corrected chi connectivity index (χ4v) is 2.86. The van der Waals surface area contributed by atoms with Crippen LogP contribution < -0.4 is 0 Å². The van der Waals surface area contributed by atoms with E-state index in [0.29, 0.717) is 24.4 Å². The van der Waals surface area contributed by atoms with Gasteiger partial charge in [-0.3, -0.25) is 9.69 Å². The summed E-state index contributed by atoms with van der Waals surface area (Å²) in [5.74, 6) is -1.20. The standard InChI is InChI=1S/C16H20F3NO2/c17-14-9-12(1-3-13(14)16(18)19)10-20-7-5-11(6-8-20)2-4-15(21)22/h1,3,9,11,16H,2,4-8,10H2,(H,21,22). The van der Waals surface area contributed by atoms with Gasteiger partial charge in [0.2, 0.25) is 0 Å². The van der Waals surface area contributed by atoms with E-state index < -0.39 is 23.8 Å². The van der Waals surface area contributed by atoms with Crippen molar-refractivity contribution >= 4 is 5.97 Å². The molecule has 0 aliphatic carbocycles. The molecule has 0 spiro atoms. The Morgan fingerprint density at radius 1 is 1.32 bits per heavy atom. The maximum absolute atomic E-state index is 13.5. The van der Waals surface area contributed by atoms with E-state index in [1.54, 1.807) is 6.07 Å². The Balaban J connectivity index is 1.83. The van der Waals surface area contributed by atoms with E-state index in [1.807, 2.05) is 0 Å². The summed E-state index contributed by atoms with van der Waals surface area (Å²) >= 11 is 0. The Morgan fingerprint density at radius 2 is 2.00 bits per heavy atom. The first-order valence-corrected chi connectivity index (χ1v) is 7.46. The number of hydrogen-bond donors (Lipinski definition) is 1. The maximum atomic E-state index is 13.5. The topological polar surface area (TPSA) is 40.5 Å². The van der Waals surface area contributed by atoms with Crippen LogP contribution in [0.2, 0.25) is 0 Å². The number of rotatable bonds is 6. The summed E-state index contributed by atoms with van der Waals surface area (Å²) in [5.41, 5.74) is 0.127. The van der Waals surface area contributed by atoms with Gasteiger partial charge in [-0.05, 0) is 49.9 Å². The van der Waals surface area contributed by atoms with E-state index in [0.717, 1.165) is 32.0 Å². The molecule has 122 valence electrons. The average Bonchev–Trinajstić information content (AvgIpc) is 2.46. The fourth-order valence-electron chi connectivity index (χ4n) is 2.86. The van der Waals surface area contributed by atoms with Crippen molar-refractivity contribution in [3.8, 4) is 0 Å². The SMILES string of the molecule is O=C(O)CCC1CCN(Cc2ccc(C(F)F)c(F)c2)CC1. The van der Waals surface area contributed by atoms with E-state index in [9.17, 15) is 18.0 Å². The molecular weight excluding hydrogens is 295 g/mol. The summed E-state index contributed by atoms with van der Waals surface area (Å²) in [6.07, 6.45) is -0.0549. The van der Waals surface area contributed by atoms with Crippen LogP contribution in [0.5, 0.6) is 0 Å². The number of benzene rings is 1. The number of carboxylic acids is 1. The molecule has 1 heterocycles. The number of carbonyl (C=O) groups is 1. The minimum absolute atomic E-state index is 0.199. The molecule has 2 rings (SSSR count). The Hall–Kier alpha value is -1.56. The van der Waals surface area contributed by atoms with Crippen LogP contribution in [0.15, 0.2) is 18.2 Å². The summed E-state index contributed by atoms with van der Waals surface area (Å²) in [4.78, 5) is 12.7. The first-order valence-electron chi connectivity index (χ1n) is 7.46. The molecule has 0 bridgehead atoms. The van der Waals surface area contributed by atoms with E-state index in [1.165, 1.54) is 6.07 Å². The zero-order valence-electron chi connectivity index (χ0n) is 12.3. The summed E-state index contributed by atoms with van der Waals surface area (Å²) in [5, 5.41) is 8.68. The van der Waals surface area contributed by atoms with Gasteiger partial charge in [-0.15, -0.1) is 0 Å². The maximum Gasteiger partial charge on any atom is 0.303 e.